The first kappa shape index (κ1) is 15.5. The molecule has 1 saturated heterocycles. The minimum atomic E-state index is -3.46. The summed E-state index contributed by atoms with van der Waals surface area (Å²) in [6.07, 6.45) is 7.59. The van der Waals surface area contributed by atoms with E-state index in [1.165, 1.54) is 17.1 Å². The highest BCUT2D eigenvalue weighted by molar-refractivity contribution is 7.89. The maximum atomic E-state index is 12.4. The summed E-state index contributed by atoms with van der Waals surface area (Å²) in [5.41, 5.74) is 0. The first-order valence-corrected chi connectivity index (χ1v) is 8.69. The van der Waals surface area contributed by atoms with E-state index in [0.717, 1.165) is 25.9 Å². The molecule has 6 nitrogen and oxygen atoms in total. The van der Waals surface area contributed by atoms with E-state index < -0.39 is 10.0 Å². The maximum absolute atomic E-state index is 12.4. The van der Waals surface area contributed by atoms with Crippen molar-refractivity contribution in [2.75, 3.05) is 20.1 Å². The number of hydrogen-bond acceptors (Lipinski definition) is 4. The predicted molar refractivity (Wildman–Crippen MR) is 78.0 cm³/mol. The van der Waals surface area contributed by atoms with Crippen LogP contribution in [0.25, 0.3) is 0 Å². The van der Waals surface area contributed by atoms with Crippen molar-refractivity contribution in [3.63, 3.8) is 0 Å². The molecule has 7 heteroatoms. The molecule has 1 aromatic heterocycles. The highest BCUT2D eigenvalue weighted by Crippen LogP contribution is 2.15. The Labute approximate surface area is 121 Å². The van der Waals surface area contributed by atoms with E-state index >= 15 is 0 Å². The molecule has 1 aromatic rings. The summed E-state index contributed by atoms with van der Waals surface area (Å²) < 4.78 is 27.9. The largest absolute Gasteiger partial charge is 0.336 e. The Balaban J connectivity index is 1.94. The minimum absolute atomic E-state index is 0.137. The Morgan fingerprint density at radius 2 is 2.30 bits per heavy atom. The molecular weight excluding hydrogens is 276 g/mol. The van der Waals surface area contributed by atoms with Crippen LogP contribution in [0.2, 0.25) is 0 Å². The van der Waals surface area contributed by atoms with Gasteiger partial charge in [-0.3, -0.25) is 0 Å². The van der Waals surface area contributed by atoms with Crippen molar-refractivity contribution in [2.24, 2.45) is 0 Å². The van der Waals surface area contributed by atoms with Crippen molar-refractivity contribution >= 4 is 10.0 Å². The molecule has 0 radical (unpaired) electrons. The van der Waals surface area contributed by atoms with Gasteiger partial charge in [-0.1, -0.05) is 6.42 Å². The van der Waals surface area contributed by atoms with Gasteiger partial charge in [-0.2, -0.15) is 4.31 Å². The number of aryl methyl sites for hydroxylation is 1. The van der Waals surface area contributed by atoms with Gasteiger partial charge in [0.25, 0.3) is 10.0 Å². The zero-order valence-corrected chi connectivity index (χ0v) is 13.1. The fourth-order valence-corrected chi connectivity index (χ4v) is 3.55. The van der Waals surface area contributed by atoms with Crippen molar-refractivity contribution in [3.8, 4) is 0 Å². The van der Waals surface area contributed by atoms with Crippen LogP contribution in [-0.4, -0.2) is 48.5 Å². The van der Waals surface area contributed by atoms with Gasteiger partial charge < -0.3 is 9.88 Å². The standard InChI is InChI=1S/C13H24N4O2S/c1-3-17-10-13(15-11-17)20(18,19)16(2)9-7-12-6-4-5-8-14-12/h10-12,14H,3-9H2,1-2H3. The van der Waals surface area contributed by atoms with Gasteiger partial charge in [-0.05, 0) is 32.7 Å². The lowest BCUT2D eigenvalue weighted by atomic mass is 10.0. The SMILES string of the molecule is CCn1cnc(S(=O)(=O)N(C)CCC2CCCCN2)c1. The van der Waals surface area contributed by atoms with Gasteiger partial charge in [-0.25, -0.2) is 13.4 Å². The number of rotatable bonds is 6. The number of nitrogens with zero attached hydrogens (tertiary/aromatic N) is 3. The quantitative estimate of drug-likeness (QED) is 0.853. The van der Waals surface area contributed by atoms with Crippen molar-refractivity contribution in [2.45, 2.75) is 50.2 Å². The summed E-state index contributed by atoms with van der Waals surface area (Å²) in [6, 6.07) is 0.439. The van der Waals surface area contributed by atoms with Crippen molar-refractivity contribution in [1.29, 1.82) is 0 Å². The Morgan fingerprint density at radius 1 is 1.50 bits per heavy atom. The number of sulfonamides is 1. The molecule has 1 unspecified atom stereocenters. The molecule has 0 amide bonds. The molecule has 1 N–H and O–H groups in total. The molecule has 0 aromatic carbocycles. The average Bonchev–Trinajstić information content (AvgIpc) is 2.95. The molecule has 0 saturated carbocycles. The zero-order chi connectivity index (χ0) is 14.6. The second-order valence-corrected chi connectivity index (χ2v) is 7.30. The minimum Gasteiger partial charge on any atom is -0.336 e. The monoisotopic (exact) mass is 300 g/mol. The zero-order valence-electron chi connectivity index (χ0n) is 12.2. The van der Waals surface area contributed by atoms with Crippen LogP contribution in [0, 0.1) is 0 Å². The second-order valence-electron chi connectivity index (χ2n) is 5.30. The highest BCUT2D eigenvalue weighted by Gasteiger charge is 2.24. The van der Waals surface area contributed by atoms with E-state index in [1.807, 2.05) is 6.92 Å². The van der Waals surface area contributed by atoms with Gasteiger partial charge in [0.05, 0.1) is 6.33 Å². The maximum Gasteiger partial charge on any atom is 0.261 e. The molecule has 1 aliphatic rings. The number of piperidine rings is 1. The van der Waals surface area contributed by atoms with E-state index in [1.54, 1.807) is 24.1 Å². The second kappa shape index (κ2) is 6.69. The molecule has 1 aliphatic heterocycles. The van der Waals surface area contributed by atoms with E-state index in [9.17, 15) is 8.42 Å². The molecule has 0 bridgehead atoms. The van der Waals surface area contributed by atoms with Crippen molar-refractivity contribution < 1.29 is 8.42 Å². The lowest BCUT2D eigenvalue weighted by molar-refractivity contribution is 0.351. The summed E-state index contributed by atoms with van der Waals surface area (Å²) in [5, 5.41) is 3.58. The molecule has 2 rings (SSSR count). The van der Waals surface area contributed by atoms with Crippen LogP contribution >= 0.6 is 0 Å². The predicted octanol–water partition coefficient (Wildman–Crippen LogP) is 1.06. The lowest BCUT2D eigenvalue weighted by Gasteiger charge is -2.25. The molecule has 1 atom stereocenters. The summed E-state index contributed by atoms with van der Waals surface area (Å²) >= 11 is 0. The number of aromatic nitrogens is 2. The normalized spacial score (nSPS) is 20.4. The van der Waals surface area contributed by atoms with Gasteiger partial charge in [0.1, 0.15) is 0 Å². The van der Waals surface area contributed by atoms with Gasteiger partial charge in [-0.15, -0.1) is 0 Å². The summed E-state index contributed by atoms with van der Waals surface area (Å²) in [4.78, 5) is 3.99. The van der Waals surface area contributed by atoms with Crippen LogP contribution in [0.4, 0.5) is 0 Å². The number of nitrogens with one attached hydrogen (secondary N) is 1. The lowest BCUT2D eigenvalue weighted by Crippen LogP contribution is -2.38. The molecule has 0 spiro atoms. The van der Waals surface area contributed by atoms with E-state index in [2.05, 4.69) is 10.3 Å². The third-order valence-corrected chi connectivity index (χ3v) is 5.60. The number of hydrogen-bond donors (Lipinski definition) is 1. The first-order chi connectivity index (χ1) is 9.54. The molecular formula is C13H24N4O2S. The average molecular weight is 300 g/mol. The molecule has 114 valence electrons. The van der Waals surface area contributed by atoms with Gasteiger partial charge in [0.2, 0.25) is 0 Å². The Hall–Kier alpha value is -0.920. The van der Waals surface area contributed by atoms with E-state index in [0.29, 0.717) is 12.6 Å². The van der Waals surface area contributed by atoms with Crippen LogP contribution < -0.4 is 5.32 Å². The van der Waals surface area contributed by atoms with Gasteiger partial charge in [0.15, 0.2) is 5.03 Å². The summed E-state index contributed by atoms with van der Waals surface area (Å²) in [5.74, 6) is 0. The van der Waals surface area contributed by atoms with Crippen LogP contribution in [0.3, 0.4) is 0 Å². The third kappa shape index (κ3) is 3.59. The smallest absolute Gasteiger partial charge is 0.261 e. The van der Waals surface area contributed by atoms with Crippen LogP contribution in [-0.2, 0) is 16.6 Å². The van der Waals surface area contributed by atoms with Crippen molar-refractivity contribution in [1.82, 2.24) is 19.2 Å². The van der Waals surface area contributed by atoms with Gasteiger partial charge in [0, 0.05) is 32.4 Å². The topological polar surface area (TPSA) is 67.2 Å². The Morgan fingerprint density at radius 3 is 2.90 bits per heavy atom. The van der Waals surface area contributed by atoms with E-state index in [-0.39, 0.29) is 5.03 Å². The van der Waals surface area contributed by atoms with Crippen LogP contribution in [0.5, 0.6) is 0 Å². The third-order valence-electron chi connectivity index (χ3n) is 3.85. The van der Waals surface area contributed by atoms with Crippen molar-refractivity contribution in [3.05, 3.63) is 12.5 Å². The molecule has 1 fully saturated rings. The fraction of sp³-hybridized carbons (Fsp3) is 0.769. The van der Waals surface area contributed by atoms with Crippen LogP contribution in [0.15, 0.2) is 17.6 Å². The molecule has 2 heterocycles. The molecule has 0 aliphatic carbocycles. The van der Waals surface area contributed by atoms with Crippen LogP contribution in [0.1, 0.15) is 32.6 Å². The Bertz CT molecular complexity index is 520. The first-order valence-electron chi connectivity index (χ1n) is 7.25. The fourth-order valence-electron chi connectivity index (χ4n) is 2.43. The number of imidazole rings is 1. The molecule has 20 heavy (non-hydrogen) atoms. The van der Waals surface area contributed by atoms with E-state index in [4.69, 9.17) is 0 Å². The Kier molecular flexibility index (Phi) is 5.17. The van der Waals surface area contributed by atoms with Gasteiger partial charge >= 0.3 is 0 Å². The summed E-state index contributed by atoms with van der Waals surface area (Å²) in [7, 11) is -1.83. The highest BCUT2D eigenvalue weighted by atomic mass is 32.2. The summed E-state index contributed by atoms with van der Waals surface area (Å²) in [6.45, 7) is 4.25.